The van der Waals surface area contributed by atoms with Gasteiger partial charge in [-0.3, -0.25) is 4.79 Å². The van der Waals surface area contributed by atoms with E-state index in [0.29, 0.717) is 11.3 Å². The van der Waals surface area contributed by atoms with Crippen molar-refractivity contribution in [1.29, 1.82) is 0 Å². The number of rotatable bonds is 2. The Balaban J connectivity index is 1.90. The molecule has 0 aromatic carbocycles. The molecule has 108 valence electrons. The Morgan fingerprint density at radius 2 is 2.43 bits per heavy atom. The molecule has 5 nitrogen and oxygen atoms in total. The molecular formula is C15H15N3O2S. The number of hydrogen-bond donors (Lipinski definition) is 1. The van der Waals surface area contributed by atoms with Gasteiger partial charge < -0.3 is 9.72 Å². The van der Waals surface area contributed by atoms with E-state index < -0.39 is 0 Å². The summed E-state index contributed by atoms with van der Waals surface area (Å²) in [7, 11) is 0. The third-order valence-corrected chi connectivity index (χ3v) is 5.01. The molecule has 0 saturated carbocycles. The van der Waals surface area contributed by atoms with Gasteiger partial charge in [0.25, 0.3) is 5.56 Å². The maximum atomic E-state index is 11.9. The molecule has 1 unspecified atom stereocenters. The second-order valence-electron chi connectivity index (χ2n) is 5.38. The molecule has 0 amide bonds. The van der Waals surface area contributed by atoms with Gasteiger partial charge in [-0.05, 0) is 12.5 Å². The van der Waals surface area contributed by atoms with Gasteiger partial charge in [0.05, 0.1) is 30.2 Å². The van der Waals surface area contributed by atoms with Crippen molar-refractivity contribution in [2.45, 2.75) is 38.9 Å². The number of aromatic amines is 1. The van der Waals surface area contributed by atoms with Crippen molar-refractivity contribution in [2.75, 3.05) is 0 Å². The molecule has 3 aromatic rings. The molecule has 21 heavy (non-hydrogen) atoms. The first kappa shape index (κ1) is 12.9. The van der Waals surface area contributed by atoms with Gasteiger partial charge >= 0.3 is 0 Å². The molecule has 0 fully saturated rings. The first-order valence-corrected chi connectivity index (χ1v) is 7.98. The van der Waals surface area contributed by atoms with Crippen molar-refractivity contribution in [1.82, 2.24) is 15.0 Å². The molecule has 1 atom stereocenters. The number of hydrogen-bond acceptors (Lipinski definition) is 5. The smallest absolute Gasteiger partial charge is 0.268 e. The van der Waals surface area contributed by atoms with Crippen molar-refractivity contribution in [3.63, 3.8) is 0 Å². The second-order valence-corrected chi connectivity index (χ2v) is 6.38. The molecule has 6 heteroatoms. The molecule has 0 saturated heterocycles. The zero-order valence-electron chi connectivity index (χ0n) is 11.7. The molecular weight excluding hydrogens is 286 g/mol. The Hall–Kier alpha value is -1.79. The fourth-order valence-electron chi connectivity index (χ4n) is 2.88. The van der Waals surface area contributed by atoms with Crippen LogP contribution in [0.15, 0.2) is 17.2 Å². The maximum Gasteiger partial charge on any atom is 0.268 e. The number of aromatic nitrogens is 3. The molecule has 1 aliphatic rings. The normalized spacial score (nSPS) is 18.2. The molecule has 0 bridgehead atoms. The van der Waals surface area contributed by atoms with E-state index >= 15 is 0 Å². The van der Waals surface area contributed by atoms with Crippen LogP contribution >= 0.6 is 11.3 Å². The van der Waals surface area contributed by atoms with Gasteiger partial charge in [0.2, 0.25) is 0 Å². The highest BCUT2D eigenvalue weighted by molar-refractivity contribution is 7.25. The SMILES string of the molecule is CCCC1Cc2nc3sc4c(=O)[nH]cnc4c3cc2CO1. The summed E-state index contributed by atoms with van der Waals surface area (Å²) < 4.78 is 6.53. The summed E-state index contributed by atoms with van der Waals surface area (Å²) in [6.07, 6.45) is 4.75. The van der Waals surface area contributed by atoms with Crippen LogP contribution in [0.2, 0.25) is 0 Å². The van der Waals surface area contributed by atoms with Gasteiger partial charge in [-0.1, -0.05) is 13.3 Å². The van der Waals surface area contributed by atoms with Gasteiger partial charge in [-0.15, -0.1) is 11.3 Å². The van der Waals surface area contributed by atoms with Crippen LogP contribution in [0.25, 0.3) is 20.4 Å². The van der Waals surface area contributed by atoms with Crippen LogP contribution in [0, 0.1) is 0 Å². The third kappa shape index (κ3) is 2.06. The molecule has 0 aliphatic carbocycles. The summed E-state index contributed by atoms with van der Waals surface area (Å²) in [6, 6.07) is 2.09. The number of pyridine rings is 1. The molecule has 4 heterocycles. The van der Waals surface area contributed by atoms with E-state index in [1.54, 1.807) is 0 Å². The highest BCUT2D eigenvalue weighted by Crippen LogP contribution is 2.32. The predicted octanol–water partition coefficient (Wildman–Crippen LogP) is 2.77. The molecule has 0 spiro atoms. The lowest BCUT2D eigenvalue weighted by molar-refractivity contribution is 0.0217. The summed E-state index contributed by atoms with van der Waals surface area (Å²) >= 11 is 1.42. The Labute approximate surface area is 125 Å². The van der Waals surface area contributed by atoms with Gasteiger partial charge in [0.1, 0.15) is 9.53 Å². The zero-order valence-corrected chi connectivity index (χ0v) is 12.5. The molecule has 0 radical (unpaired) electrons. The minimum absolute atomic E-state index is 0.0962. The largest absolute Gasteiger partial charge is 0.373 e. The van der Waals surface area contributed by atoms with Crippen molar-refractivity contribution in [3.05, 3.63) is 34.0 Å². The summed E-state index contributed by atoms with van der Waals surface area (Å²) in [6.45, 7) is 2.77. The summed E-state index contributed by atoms with van der Waals surface area (Å²) in [4.78, 5) is 24.5. The van der Waals surface area contributed by atoms with Crippen molar-refractivity contribution in [3.8, 4) is 0 Å². The molecule has 1 aliphatic heterocycles. The summed E-state index contributed by atoms with van der Waals surface area (Å²) in [5.74, 6) is 0. The van der Waals surface area contributed by atoms with E-state index in [9.17, 15) is 4.79 Å². The van der Waals surface area contributed by atoms with Gasteiger partial charge in [-0.2, -0.15) is 0 Å². The monoisotopic (exact) mass is 301 g/mol. The van der Waals surface area contributed by atoms with E-state index in [1.165, 1.54) is 17.7 Å². The number of nitrogens with one attached hydrogen (secondary N) is 1. The number of fused-ring (bicyclic) bond motifs is 4. The van der Waals surface area contributed by atoms with E-state index in [-0.39, 0.29) is 11.7 Å². The Kier molecular flexibility index (Phi) is 3.01. The Morgan fingerprint density at radius 1 is 1.52 bits per heavy atom. The average molecular weight is 301 g/mol. The van der Waals surface area contributed by atoms with Gasteiger partial charge in [-0.25, -0.2) is 9.97 Å². The second kappa shape index (κ2) is 4.89. The number of nitrogens with zero attached hydrogens (tertiary/aromatic N) is 2. The fourth-order valence-corrected chi connectivity index (χ4v) is 3.91. The minimum Gasteiger partial charge on any atom is -0.373 e. The van der Waals surface area contributed by atoms with Crippen LogP contribution < -0.4 is 5.56 Å². The quantitative estimate of drug-likeness (QED) is 0.790. The lowest BCUT2D eigenvalue weighted by Crippen LogP contribution is -2.23. The lowest BCUT2D eigenvalue weighted by Gasteiger charge is -2.24. The number of ether oxygens (including phenoxy) is 1. The van der Waals surface area contributed by atoms with E-state index in [2.05, 4.69) is 23.0 Å². The summed E-state index contributed by atoms with van der Waals surface area (Å²) in [5.41, 5.74) is 2.87. The first-order valence-electron chi connectivity index (χ1n) is 7.16. The third-order valence-electron chi connectivity index (χ3n) is 3.93. The number of thiophene rings is 1. The topological polar surface area (TPSA) is 67.9 Å². The van der Waals surface area contributed by atoms with Crippen LogP contribution in [0.5, 0.6) is 0 Å². The molecule has 1 N–H and O–H groups in total. The van der Waals surface area contributed by atoms with Gasteiger partial charge in [0, 0.05) is 17.4 Å². The van der Waals surface area contributed by atoms with E-state index in [0.717, 1.165) is 46.3 Å². The van der Waals surface area contributed by atoms with Crippen molar-refractivity contribution < 1.29 is 4.74 Å². The van der Waals surface area contributed by atoms with Crippen LogP contribution in [0.3, 0.4) is 0 Å². The van der Waals surface area contributed by atoms with E-state index in [4.69, 9.17) is 9.72 Å². The molecule has 4 rings (SSSR count). The Bertz CT molecular complexity index is 884. The zero-order chi connectivity index (χ0) is 14.4. The lowest BCUT2D eigenvalue weighted by atomic mass is 10.0. The molecule has 3 aromatic heterocycles. The standard InChI is InChI=1S/C15H15N3O2S/c1-2-3-9-5-11-8(6-20-9)4-10-12-13(21-15(10)18-11)14(19)17-7-16-12/h4,7,9H,2-3,5-6H2,1H3,(H,16,17,19). The fraction of sp³-hybridized carbons (Fsp3) is 0.400. The number of H-pyrrole nitrogens is 1. The van der Waals surface area contributed by atoms with Crippen LogP contribution in [0.4, 0.5) is 0 Å². The van der Waals surface area contributed by atoms with Gasteiger partial charge in [0.15, 0.2) is 0 Å². The van der Waals surface area contributed by atoms with Crippen molar-refractivity contribution >= 4 is 31.8 Å². The van der Waals surface area contributed by atoms with Crippen LogP contribution in [0.1, 0.15) is 31.0 Å². The van der Waals surface area contributed by atoms with Crippen LogP contribution in [-0.4, -0.2) is 21.1 Å². The minimum atomic E-state index is -0.0962. The highest BCUT2D eigenvalue weighted by atomic mass is 32.1. The first-order chi connectivity index (χ1) is 10.3. The van der Waals surface area contributed by atoms with E-state index in [1.807, 2.05) is 0 Å². The maximum absolute atomic E-state index is 11.9. The van der Waals surface area contributed by atoms with Crippen LogP contribution in [-0.2, 0) is 17.8 Å². The van der Waals surface area contributed by atoms with Crippen molar-refractivity contribution in [2.24, 2.45) is 0 Å². The predicted molar refractivity (Wildman–Crippen MR) is 82.7 cm³/mol. The summed E-state index contributed by atoms with van der Waals surface area (Å²) in [5, 5.41) is 0.956. The highest BCUT2D eigenvalue weighted by Gasteiger charge is 2.22. The average Bonchev–Trinajstić information content (AvgIpc) is 2.84. The Morgan fingerprint density at radius 3 is 3.29 bits per heavy atom.